The number of hydrogen-bond acceptors (Lipinski definition) is 5. The first-order valence-electron chi connectivity index (χ1n) is 7.46. The van der Waals surface area contributed by atoms with Gasteiger partial charge in [-0.05, 0) is 53.8 Å². The summed E-state index contributed by atoms with van der Waals surface area (Å²) in [4.78, 5) is 17.4. The van der Waals surface area contributed by atoms with Crippen LogP contribution in [-0.4, -0.2) is 24.9 Å². The Hall–Kier alpha value is -2.09. The molecule has 1 aliphatic rings. The zero-order chi connectivity index (χ0) is 17.1. The molecule has 0 N–H and O–H groups in total. The lowest BCUT2D eigenvalue weighted by molar-refractivity contribution is 0.0512. The Morgan fingerprint density at radius 1 is 1.29 bits per heavy atom. The van der Waals surface area contributed by atoms with E-state index < -0.39 is 5.97 Å². The van der Waals surface area contributed by atoms with Gasteiger partial charge in [-0.3, -0.25) is 0 Å². The Morgan fingerprint density at radius 3 is 2.83 bits per heavy atom. The average Bonchev–Trinajstić information content (AvgIpc) is 2.59. The molecule has 0 aromatic heterocycles. The number of oxime groups is 1. The first-order chi connectivity index (χ1) is 11.6. The van der Waals surface area contributed by atoms with Crippen molar-refractivity contribution in [3.05, 3.63) is 57.2 Å². The van der Waals surface area contributed by atoms with Crippen LogP contribution in [0.15, 0.2) is 47.6 Å². The minimum atomic E-state index is -0.471. The molecule has 1 heterocycles. The molecule has 6 heteroatoms. The summed E-state index contributed by atoms with van der Waals surface area (Å²) in [6.45, 7) is 1.94. The number of nitrogens with zero attached hydrogens (tertiary/aromatic N) is 1. The normalized spacial score (nSPS) is 17.8. The lowest BCUT2D eigenvalue weighted by Crippen LogP contribution is -2.25. The highest BCUT2D eigenvalue weighted by atomic mass is 127. The number of benzene rings is 2. The number of ether oxygens (including phenoxy) is 2. The van der Waals surface area contributed by atoms with Crippen molar-refractivity contribution >= 4 is 34.3 Å². The molecule has 2 aromatic carbocycles. The van der Waals surface area contributed by atoms with E-state index >= 15 is 0 Å². The molecule has 1 aliphatic heterocycles. The number of fused-ring (bicyclic) bond motifs is 1. The molecular weight excluding hydrogens is 421 g/mol. The van der Waals surface area contributed by atoms with Gasteiger partial charge in [0.15, 0.2) is 0 Å². The van der Waals surface area contributed by atoms with E-state index in [1.165, 1.54) is 0 Å². The van der Waals surface area contributed by atoms with Crippen molar-refractivity contribution in [1.82, 2.24) is 0 Å². The molecule has 0 saturated carbocycles. The maximum atomic E-state index is 12.2. The number of rotatable bonds is 3. The van der Waals surface area contributed by atoms with E-state index in [0.29, 0.717) is 29.2 Å². The molecule has 124 valence electrons. The Labute approximate surface area is 153 Å². The molecular formula is C18H16INO4. The highest BCUT2D eigenvalue weighted by Gasteiger charge is 2.24. The largest absolute Gasteiger partial charge is 0.497 e. The number of hydrogen-bond donors (Lipinski definition) is 0. The van der Waals surface area contributed by atoms with Gasteiger partial charge >= 0.3 is 5.97 Å². The second kappa shape index (κ2) is 7.21. The van der Waals surface area contributed by atoms with Gasteiger partial charge in [-0.15, -0.1) is 0 Å². The monoisotopic (exact) mass is 437 g/mol. The summed E-state index contributed by atoms with van der Waals surface area (Å²) < 4.78 is 11.9. The van der Waals surface area contributed by atoms with E-state index in [4.69, 9.17) is 14.3 Å². The van der Waals surface area contributed by atoms with Crippen LogP contribution in [0.25, 0.3) is 0 Å². The van der Waals surface area contributed by atoms with Gasteiger partial charge in [0.2, 0.25) is 0 Å². The van der Waals surface area contributed by atoms with E-state index in [1.54, 1.807) is 19.2 Å². The van der Waals surface area contributed by atoms with Gasteiger partial charge in [0, 0.05) is 21.6 Å². The van der Waals surface area contributed by atoms with Crippen molar-refractivity contribution in [2.24, 2.45) is 5.16 Å². The van der Waals surface area contributed by atoms with Gasteiger partial charge in [-0.25, -0.2) is 4.79 Å². The van der Waals surface area contributed by atoms with Gasteiger partial charge < -0.3 is 14.3 Å². The van der Waals surface area contributed by atoms with Crippen molar-refractivity contribution < 1.29 is 19.1 Å². The van der Waals surface area contributed by atoms with Crippen LogP contribution in [0.1, 0.15) is 29.3 Å². The van der Waals surface area contributed by atoms with Crippen LogP contribution in [0.4, 0.5) is 0 Å². The van der Waals surface area contributed by atoms with E-state index in [1.807, 2.05) is 37.3 Å². The van der Waals surface area contributed by atoms with Gasteiger partial charge in [0.25, 0.3) is 0 Å². The highest BCUT2D eigenvalue weighted by molar-refractivity contribution is 14.1. The number of carbonyl (C=O) groups excluding carboxylic acids is 1. The highest BCUT2D eigenvalue weighted by Crippen LogP contribution is 2.31. The minimum Gasteiger partial charge on any atom is -0.497 e. The Morgan fingerprint density at radius 2 is 2.08 bits per heavy atom. The lowest BCUT2D eigenvalue weighted by Gasteiger charge is -2.24. The predicted octanol–water partition coefficient (Wildman–Crippen LogP) is 4.03. The van der Waals surface area contributed by atoms with Gasteiger partial charge in [-0.1, -0.05) is 17.3 Å². The number of methoxy groups -OCH3 is 1. The van der Waals surface area contributed by atoms with Gasteiger partial charge in [0.05, 0.1) is 18.4 Å². The fraction of sp³-hybridized carbons (Fsp3) is 0.222. The SMILES string of the molecule is COc1ccc2c(c1)OC(C)C/C2=N/OC(=O)c1ccccc1I. The third kappa shape index (κ3) is 3.53. The summed E-state index contributed by atoms with van der Waals surface area (Å²) in [5.41, 5.74) is 1.99. The zero-order valence-corrected chi connectivity index (χ0v) is 15.4. The van der Waals surface area contributed by atoms with Crippen LogP contribution in [-0.2, 0) is 4.84 Å². The predicted molar refractivity (Wildman–Crippen MR) is 98.8 cm³/mol. The van der Waals surface area contributed by atoms with Crippen molar-refractivity contribution in [3.8, 4) is 11.5 Å². The van der Waals surface area contributed by atoms with Crippen LogP contribution in [0.3, 0.4) is 0 Å². The maximum absolute atomic E-state index is 12.2. The molecule has 3 rings (SSSR count). The minimum absolute atomic E-state index is 0.0566. The molecule has 2 aromatic rings. The molecule has 5 nitrogen and oxygen atoms in total. The number of halogens is 1. The van der Waals surface area contributed by atoms with Crippen LogP contribution in [0.5, 0.6) is 11.5 Å². The van der Waals surface area contributed by atoms with Gasteiger partial charge in [-0.2, -0.15) is 0 Å². The van der Waals surface area contributed by atoms with E-state index in [0.717, 1.165) is 9.13 Å². The van der Waals surface area contributed by atoms with E-state index in [2.05, 4.69) is 27.7 Å². The van der Waals surface area contributed by atoms with Crippen molar-refractivity contribution in [1.29, 1.82) is 0 Å². The molecule has 0 fully saturated rings. The summed E-state index contributed by atoms with van der Waals surface area (Å²) in [7, 11) is 1.60. The summed E-state index contributed by atoms with van der Waals surface area (Å²) in [5, 5.41) is 4.09. The second-order valence-electron chi connectivity index (χ2n) is 5.39. The smallest absolute Gasteiger partial charge is 0.366 e. The molecule has 0 amide bonds. The third-order valence-corrected chi connectivity index (χ3v) is 4.58. The lowest BCUT2D eigenvalue weighted by atomic mass is 10.0. The average molecular weight is 437 g/mol. The fourth-order valence-electron chi connectivity index (χ4n) is 2.47. The maximum Gasteiger partial charge on any atom is 0.366 e. The summed E-state index contributed by atoms with van der Waals surface area (Å²) in [6, 6.07) is 12.7. The van der Waals surface area contributed by atoms with Crippen molar-refractivity contribution in [2.75, 3.05) is 7.11 Å². The van der Waals surface area contributed by atoms with Crippen LogP contribution in [0.2, 0.25) is 0 Å². The van der Waals surface area contributed by atoms with E-state index in [9.17, 15) is 4.79 Å². The van der Waals surface area contributed by atoms with E-state index in [-0.39, 0.29) is 6.10 Å². The molecule has 24 heavy (non-hydrogen) atoms. The Balaban J connectivity index is 1.86. The third-order valence-electron chi connectivity index (χ3n) is 3.64. The molecule has 0 bridgehead atoms. The molecule has 1 atom stereocenters. The first-order valence-corrected chi connectivity index (χ1v) is 8.54. The standard InChI is InChI=1S/C18H16INO4/c1-11-9-16(14-8-7-12(22-2)10-17(14)23-11)20-24-18(21)13-5-3-4-6-15(13)19/h3-8,10-11H,9H2,1-2H3/b20-16-. The molecule has 0 aliphatic carbocycles. The molecule has 0 radical (unpaired) electrons. The first kappa shape index (κ1) is 16.8. The Bertz CT molecular complexity index is 803. The summed E-state index contributed by atoms with van der Waals surface area (Å²) in [5.74, 6) is 0.914. The topological polar surface area (TPSA) is 57.1 Å². The van der Waals surface area contributed by atoms with Crippen LogP contribution in [0, 0.1) is 3.57 Å². The molecule has 1 unspecified atom stereocenters. The Kier molecular flexibility index (Phi) is 5.03. The number of carbonyl (C=O) groups is 1. The summed E-state index contributed by atoms with van der Waals surface area (Å²) in [6.07, 6.45) is 0.511. The van der Waals surface area contributed by atoms with Crippen molar-refractivity contribution in [3.63, 3.8) is 0 Å². The van der Waals surface area contributed by atoms with Crippen LogP contribution >= 0.6 is 22.6 Å². The molecule has 0 spiro atoms. The molecule has 0 saturated heterocycles. The van der Waals surface area contributed by atoms with Crippen molar-refractivity contribution in [2.45, 2.75) is 19.4 Å². The summed E-state index contributed by atoms with van der Waals surface area (Å²) >= 11 is 2.10. The zero-order valence-electron chi connectivity index (χ0n) is 13.3. The second-order valence-corrected chi connectivity index (χ2v) is 6.55. The fourth-order valence-corrected chi connectivity index (χ4v) is 3.07. The van der Waals surface area contributed by atoms with Gasteiger partial charge in [0.1, 0.15) is 17.6 Å². The van der Waals surface area contributed by atoms with Crippen LogP contribution < -0.4 is 9.47 Å². The quantitative estimate of drug-likeness (QED) is 0.414.